The Morgan fingerprint density at radius 1 is 1.09 bits per heavy atom. The van der Waals surface area contributed by atoms with Crippen molar-refractivity contribution in [1.29, 1.82) is 0 Å². The van der Waals surface area contributed by atoms with Crippen LogP contribution in [0.5, 0.6) is 11.5 Å². The van der Waals surface area contributed by atoms with Crippen molar-refractivity contribution in [3.8, 4) is 11.5 Å². The number of hydrazone groups is 1. The maximum absolute atomic E-state index is 12.2. The van der Waals surface area contributed by atoms with Crippen LogP contribution in [-0.4, -0.2) is 18.4 Å². The zero-order valence-electron chi connectivity index (χ0n) is 13.1. The monoisotopic (exact) mass is 310 g/mol. The summed E-state index contributed by atoms with van der Waals surface area (Å²) >= 11 is 0. The summed E-state index contributed by atoms with van der Waals surface area (Å²) < 4.78 is 10.5. The quantitative estimate of drug-likeness (QED) is 0.696. The van der Waals surface area contributed by atoms with Crippen molar-refractivity contribution in [3.63, 3.8) is 0 Å². The van der Waals surface area contributed by atoms with E-state index >= 15 is 0 Å². The number of nitrogens with one attached hydrogen (secondary N) is 1. The Morgan fingerprint density at radius 3 is 2.52 bits per heavy atom. The fourth-order valence-corrected chi connectivity index (χ4v) is 2.31. The number of nitrogens with zero attached hydrogens (tertiary/aromatic N) is 1. The third kappa shape index (κ3) is 3.34. The second kappa shape index (κ2) is 6.52. The fourth-order valence-electron chi connectivity index (χ4n) is 2.31. The van der Waals surface area contributed by atoms with Crippen molar-refractivity contribution < 1.29 is 14.3 Å². The van der Waals surface area contributed by atoms with Crippen LogP contribution in [0.1, 0.15) is 34.8 Å². The van der Waals surface area contributed by atoms with E-state index in [2.05, 4.69) is 10.5 Å². The molecule has 0 aliphatic carbocycles. The van der Waals surface area contributed by atoms with E-state index in [-0.39, 0.29) is 12.7 Å². The molecule has 0 spiro atoms. The maximum atomic E-state index is 12.2. The molecule has 0 radical (unpaired) electrons. The molecule has 118 valence electrons. The largest absolute Gasteiger partial charge is 0.454 e. The lowest BCUT2D eigenvalue weighted by atomic mass is 10.1. The Balaban J connectivity index is 1.75. The van der Waals surface area contributed by atoms with Gasteiger partial charge in [-0.1, -0.05) is 36.8 Å². The second-order valence-corrected chi connectivity index (χ2v) is 5.29. The normalized spacial score (nSPS) is 13.0. The van der Waals surface area contributed by atoms with Crippen LogP contribution in [-0.2, 0) is 0 Å². The van der Waals surface area contributed by atoms with Gasteiger partial charge < -0.3 is 9.47 Å². The first-order valence-corrected chi connectivity index (χ1v) is 7.51. The maximum Gasteiger partial charge on any atom is 0.271 e. The van der Waals surface area contributed by atoms with E-state index in [4.69, 9.17) is 9.47 Å². The van der Waals surface area contributed by atoms with Crippen LogP contribution < -0.4 is 14.9 Å². The standard InChI is InChI=1S/C18H18N2O3/c1-3-15(13-6-4-12(2)5-7-13)19-20-18(21)14-8-9-16-17(10-14)23-11-22-16/h4-10H,3,11H2,1-2H3,(H,20,21). The van der Waals surface area contributed by atoms with E-state index in [0.717, 1.165) is 17.7 Å². The van der Waals surface area contributed by atoms with E-state index in [1.54, 1.807) is 18.2 Å². The predicted octanol–water partition coefficient (Wildman–Crippen LogP) is 3.27. The number of fused-ring (bicyclic) bond motifs is 1. The minimum absolute atomic E-state index is 0.186. The van der Waals surface area contributed by atoms with Gasteiger partial charge in [0.25, 0.3) is 5.91 Å². The van der Waals surface area contributed by atoms with E-state index in [1.807, 2.05) is 38.1 Å². The van der Waals surface area contributed by atoms with Gasteiger partial charge in [0.1, 0.15) is 0 Å². The minimum Gasteiger partial charge on any atom is -0.454 e. The van der Waals surface area contributed by atoms with Gasteiger partial charge in [-0.05, 0) is 37.1 Å². The van der Waals surface area contributed by atoms with Crippen LogP contribution in [0.25, 0.3) is 0 Å². The number of hydrogen-bond donors (Lipinski definition) is 1. The summed E-state index contributed by atoms with van der Waals surface area (Å²) in [5.41, 5.74) is 6.12. The summed E-state index contributed by atoms with van der Waals surface area (Å²) in [6.45, 7) is 4.23. The lowest BCUT2D eigenvalue weighted by Gasteiger charge is -2.06. The highest BCUT2D eigenvalue weighted by atomic mass is 16.7. The summed E-state index contributed by atoms with van der Waals surface area (Å²) in [6, 6.07) is 13.1. The number of carbonyl (C=O) groups excluding carboxylic acids is 1. The Bertz CT molecular complexity index is 751. The summed E-state index contributed by atoms with van der Waals surface area (Å²) in [5, 5.41) is 4.26. The van der Waals surface area contributed by atoms with E-state index in [9.17, 15) is 4.79 Å². The molecule has 0 unspecified atom stereocenters. The number of amides is 1. The Labute approximate surface area is 134 Å². The van der Waals surface area contributed by atoms with Crippen molar-refractivity contribution in [1.82, 2.24) is 5.43 Å². The van der Waals surface area contributed by atoms with Gasteiger partial charge in [-0.3, -0.25) is 4.79 Å². The molecule has 2 aromatic rings. The molecule has 0 aromatic heterocycles. The molecule has 1 aliphatic heterocycles. The molecule has 0 saturated carbocycles. The van der Waals surface area contributed by atoms with Crippen LogP contribution in [0.4, 0.5) is 0 Å². The average molecular weight is 310 g/mol. The molecule has 2 aromatic carbocycles. The first-order chi connectivity index (χ1) is 11.2. The summed E-state index contributed by atoms with van der Waals surface area (Å²) in [7, 11) is 0. The van der Waals surface area contributed by atoms with E-state index < -0.39 is 0 Å². The molecule has 1 amide bonds. The summed E-state index contributed by atoms with van der Waals surface area (Å²) in [5.74, 6) is 0.955. The third-order valence-electron chi connectivity index (χ3n) is 3.65. The number of carbonyl (C=O) groups is 1. The SMILES string of the molecule is CCC(=NNC(=O)c1ccc2c(c1)OCO2)c1ccc(C)cc1. The van der Waals surface area contributed by atoms with Crippen molar-refractivity contribution in [3.05, 3.63) is 59.2 Å². The van der Waals surface area contributed by atoms with Crippen molar-refractivity contribution in [2.24, 2.45) is 5.10 Å². The molecule has 3 rings (SSSR count). The highest BCUT2D eigenvalue weighted by molar-refractivity contribution is 6.02. The van der Waals surface area contributed by atoms with Crippen molar-refractivity contribution in [2.75, 3.05) is 6.79 Å². The smallest absolute Gasteiger partial charge is 0.271 e. The first-order valence-electron chi connectivity index (χ1n) is 7.51. The highest BCUT2D eigenvalue weighted by Gasteiger charge is 2.16. The molecule has 5 heteroatoms. The number of aryl methyl sites for hydroxylation is 1. The molecule has 5 nitrogen and oxygen atoms in total. The molecule has 1 heterocycles. The zero-order valence-corrected chi connectivity index (χ0v) is 13.1. The first kappa shape index (κ1) is 15.1. The predicted molar refractivity (Wildman–Crippen MR) is 88.0 cm³/mol. The molecule has 0 bridgehead atoms. The highest BCUT2D eigenvalue weighted by Crippen LogP contribution is 2.32. The van der Waals surface area contributed by atoms with Crippen LogP contribution in [0.15, 0.2) is 47.6 Å². The van der Waals surface area contributed by atoms with Gasteiger partial charge in [0.2, 0.25) is 6.79 Å². The van der Waals surface area contributed by atoms with Crippen LogP contribution in [0.3, 0.4) is 0 Å². The topological polar surface area (TPSA) is 59.9 Å². The lowest BCUT2D eigenvalue weighted by molar-refractivity contribution is 0.0954. The number of hydrogen-bond acceptors (Lipinski definition) is 4. The number of rotatable bonds is 4. The summed E-state index contributed by atoms with van der Waals surface area (Å²) in [4.78, 5) is 12.2. The molecular weight excluding hydrogens is 292 g/mol. The number of benzene rings is 2. The molecule has 1 aliphatic rings. The minimum atomic E-state index is -0.277. The molecule has 0 saturated heterocycles. The van der Waals surface area contributed by atoms with Crippen LogP contribution >= 0.6 is 0 Å². The Morgan fingerprint density at radius 2 is 1.78 bits per heavy atom. The number of ether oxygens (including phenoxy) is 2. The van der Waals surface area contributed by atoms with Crippen molar-refractivity contribution in [2.45, 2.75) is 20.3 Å². The Hall–Kier alpha value is -2.82. The van der Waals surface area contributed by atoms with Gasteiger partial charge in [0.15, 0.2) is 11.5 Å². The van der Waals surface area contributed by atoms with Gasteiger partial charge in [-0.15, -0.1) is 0 Å². The molecular formula is C18H18N2O3. The van der Waals surface area contributed by atoms with Gasteiger partial charge in [0.05, 0.1) is 5.71 Å². The molecule has 0 fully saturated rings. The Kier molecular flexibility index (Phi) is 4.28. The summed E-state index contributed by atoms with van der Waals surface area (Å²) in [6.07, 6.45) is 0.727. The zero-order chi connectivity index (χ0) is 16.2. The van der Waals surface area contributed by atoms with Gasteiger partial charge in [-0.25, -0.2) is 5.43 Å². The van der Waals surface area contributed by atoms with Crippen LogP contribution in [0.2, 0.25) is 0 Å². The van der Waals surface area contributed by atoms with Gasteiger partial charge in [0, 0.05) is 5.56 Å². The van der Waals surface area contributed by atoms with Crippen LogP contribution in [0, 0.1) is 6.92 Å². The van der Waals surface area contributed by atoms with Crippen molar-refractivity contribution >= 4 is 11.6 Å². The second-order valence-electron chi connectivity index (χ2n) is 5.29. The van der Waals surface area contributed by atoms with E-state index in [1.165, 1.54) is 5.56 Å². The average Bonchev–Trinajstić information content (AvgIpc) is 3.04. The third-order valence-corrected chi connectivity index (χ3v) is 3.65. The lowest BCUT2D eigenvalue weighted by Crippen LogP contribution is -2.20. The molecule has 0 atom stereocenters. The molecule has 1 N–H and O–H groups in total. The van der Waals surface area contributed by atoms with Gasteiger partial charge in [-0.2, -0.15) is 5.10 Å². The molecule has 23 heavy (non-hydrogen) atoms. The fraction of sp³-hybridized carbons (Fsp3) is 0.222. The van der Waals surface area contributed by atoms with Gasteiger partial charge >= 0.3 is 0 Å². The van der Waals surface area contributed by atoms with E-state index in [0.29, 0.717) is 17.1 Å².